The van der Waals surface area contributed by atoms with Gasteiger partial charge in [-0.1, -0.05) is 13.8 Å². The Morgan fingerprint density at radius 2 is 2.20 bits per heavy atom. The van der Waals surface area contributed by atoms with Gasteiger partial charge in [0.1, 0.15) is 10.8 Å². The summed E-state index contributed by atoms with van der Waals surface area (Å²) in [5.74, 6) is -0.297. The van der Waals surface area contributed by atoms with Gasteiger partial charge in [-0.3, -0.25) is 19.7 Å². The van der Waals surface area contributed by atoms with Gasteiger partial charge < -0.3 is 4.90 Å². The number of rotatable bonds is 6. The Bertz CT molecular complexity index is 423. The van der Waals surface area contributed by atoms with Gasteiger partial charge in [0.2, 0.25) is 5.91 Å². The van der Waals surface area contributed by atoms with Crippen molar-refractivity contribution in [3.63, 3.8) is 0 Å². The fraction of sp³-hybridized carbons (Fsp3) is 0.692. The lowest BCUT2D eigenvalue weighted by Gasteiger charge is -2.30. The monoisotopic (exact) mass is 300 g/mol. The molecule has 1 aliphatic rings. The number of carbonyl (C=O) groups excluding carboxylic acids is 2. The lowest BCUT2D eigenvalue weighted by molar-refractivity contribution is -0.403. The normalized spacial score (nSPS) is 18.9. The van der Waals surface area contributed by atoms with E-state index in [1.165, 1.54) is 16.7 Å². The maximum atomic E-state index is 12.5. The summed E-state index contributed by atoms with van der Waals surface area (Å²) < 4.78 is 0. The van der Waals surface area contributed by atoms with Crippen molar-refractivity contribution in [1.29, 1.82) is 0 Å². The summed E-state index contributed by atoms with van der Waals surface area (Å²) in [6.45, 7) is 4.13. The highest BCUT2D eigenvalue weighted by Crippen LogP contribution is 2.29. The SMILES string of the molecule is CCCC(=O)C(CC)C(=O)N1CCCS/C1=C\[N+](=O)[O-]. The maximum Gasteiger partial charge on any atom is 0.264 e. The van der Waals surface area contributed by atoms with Crippen LogP contribution in [0.15, 0.2) is 11.2 Å². The second-order valence-corrected chi connectivity index (χ2v) is 5.74. The first kappa shape index (κ1) is 16.7. The van der Waals surface area contributed by atoms with Crippen LogP contribution in [-0.2, 0) is 9.59 Å². The van der Waals surface area contributed by atoms with Crippen LogP contribution in [0.2, 0.25) is 0 Å². The summed E-state index contributed by atoms with van der Waals surface area (Å²) in [5, 5.41) is 11.0. The van der Waals surface area contributed by atoms with Gasteiger partial charge in [0.15, 0.2) is 0 Å². The Labute approximate surface area is 122 Å². The summed E-state index contributed by atoms with van der Waals surface area (Å²) in [6.07, 6.45) is 3.15. The summed E-state index contributed by atoms with van der Waals surface area (Å²) in [4.78, 5) is 35.9. The third-order valence-electron chi connectivity index (χ3n) is 3.12. The molecule has 6 nitrogen and oxygen atoms in total. The van der Waals surface area contributed by atoms with Crippen LogP contribution in [0.25, 0.3) is 0 Å². The van der Waals surface area contributed by atoms with Crippen LogP contribution in [-0.4, -0.2) is 33.8 Å². The molecule has 7 heteroatoms. The first-order valence-corrected chi connectivity index (χ1v) is 7.82. The van der Waals surface area contributed by atoms with E-state index in [1.807, 2.05) is 6.92 Å². The molecular weight excluding hydrogens is 280 g/mol. The summed E-state index contributed by atoms with van der Waals surface area (Å²) in [6, 6.07) is 0. The summed E-state index contributed by atoms with van der Waals surface area (Å²) in [5.41, 5.74) is 0. The van der Waals surface area contributed by atoms with E-state index in [2.05, 4.69) is 0 Å². The molecule has 1 fully saturated rings. The molecule has 0 saturated carbocycles. The van der Waals surface area contributed by atoms with Gasteiger partial charge in [0.25, 0.3) is 6.20 Å². The first-order valence-electron chi connectivity index (χ1n) is 6.83. The van der Waals surface area contributed by atoms with E-state index in [4.69, 9.17) is 0 Å². The molecule has 1 amide bonds. The Kier molecular flexibility index (Phi) is 6.70. The van der Waals surface area contributed by atoms with Crippen molar-refractivity contribution in [2.24, 2.45) is 5.92 Å². The third kappa shape index (κ3) is 4.33. The summed E-state index contributed by atoms with van der Waals surface area (Å²) >= 11 is 1.29. The quantitative estimate of drug-likeness (QED) is 0.427. The molecule has 1 aliphatic heterocycles. The highest BCUT2D eigenvalue weighted by molar-refractivity contribution is 8.03. The predicted molar refractivity (Wildman–Crippen MR) is 77.6 cm³/mol. The number of hydrogen-bond donors (Lipinski definition) is 0. The molecular formula is C13H20N2O4S. The molecule has 1 unspecified atom stereocenters. The Balaban J connectivity index is 2.90. The zero-order valence-electron chi connectivity index (χ0n) is 11.8. The van der Waals surface area contributed by atoms with Crippen LogP contribution >= 0.6 is 11.8 Å². The minimum atomic E-state index is -0.677. The van der Waals surface area contributed by atoms with Gasteiger partial charge >= 0.3 is 0 Å². The van der Waals surface area contributed by atoms with Crippen molar-refractivity contribution < 1.29 is 14.5 Å². The average molecular weight is 300 g/mol. The average Bonchev–Trinajstić information content (AvgIpc) is 2.39. The van der Waals surface area contributed by atoms with Crippen molar-refractivity contribution in [2.45, 2.75) is 39.5 Å². The van der Waals surface area contributed by atoms with E-state index in [0.717, 1.165) is 18.4 Å². The highest BCUT2D eigenvalue weighted by atomic mass is 32.2. The molecule has 1 rings (SSSR count). The number of thioether (sulfide) groups is 1. The minimum Gasteiger partial charge on any atom is -0.301 e. The van der Waals surface area contributed by atoms with Crippen molar-refractivity contribution in [3.05, 3.63) is 21.3 Å². The number of nitrogens with zero attached hydrogens (tertiary/aromatic N) is 2. The molecule has 1 heterocycles. The molecule has 0 N–H and O–H groups in total. The number of ketones is 1. The Hall–Kier alpha value is -1.37. The Morgan fingerprint density at radius 3 is 2.75 bits per heavy atom. The van der Waals surface area contributed by atoms with E-state index >= 15 is 0 Å². The van der Waals surface area contributed by atoms with E-state index in [0.29, 0.717) is 30.8 Å². The largest absolute Gasteiger partial charge is 0.301 e. The molecule has 20 heavy (non-hydrogen) atoms. The van der Waals surface area contributed by atoms with Crippen molar-refractivity contribution in [3.8, 4) is 0 Å². The zero-order valence-corrected chi connectivity index (χ0v) is 12.6. The minimum absolute atomic E-state index is 0.0731. The van der Waals surface area contributed by atoms with Crippen molar-refractivity contribution >= 4 is 23.5 Å². The molecule has 0 aliphatic carbocycles. The standard InChI is InChI=1S/C13H20N2O4S/c1-3-6-11(16)10(4-2)13(17)14-7-5-8-20-12(14)9-15(18)19/h9-10H,3-8H2,1-2H3/b12-9-. The van der Waals surface area contributed by atoms with Gasteiger partial charge in [0, 0.05) is 18.7 Å². The maximum absolute atomic E-state index is 12.5. The van der Waals surface area contributed by atoms with E-state index in [9.17, 15) is 19.7 Å². The van der Waals surface area contributed by atoms with Crippen LogP contribution < -0.4 is 0 Å². The molecule has 1 saturated heterocycles. The predicted octanol–water partition coefficient (Wildman–Crippen LogP) is 2.42. The van der Waals surface area contributed by atoms with Crippen LogP contribution in [0, 0.1) is 16.0 Å². The van der Waals surface area contributed by atoms with Gasteiger partial charge in [0.05, 0.1) is 10.8 Å². The van der Waals surface area contributed by atoms with Gasteiger partial charge in [-0.2, -0.15) is 0 Å². The second-order valence-electron chi connectivity index (χ2n) is 4.62. The smallest absolute Gasteiger partial charge is 0.264 e. The third-order valence-corrected chi connectivity index (χ3v) is 4.23. The first-order chi connectivity index (χ1) is 9.51. The Morgan fingerprint density at radius 1 is 1.50 bits per heavy atom. The van der Waals surface area contributed by atoms with Crippen molar-refractivity contribution in [2.75, 3.05) is 12.3 Å². The number of carbonyl (C=O) groups is 2. The topological polar surface area (TPSA) is 80.5 Å². The number of amides is 1. The lowest BCUT2D eigenvalue weighted by atomic mass is 9.96. The molecule has 0 aromatic heterocycles. The molecule has 0 aromatic carbocycles. The van der Waals surface area contributed by atoms with Crippen molar-refractivity contribution in [1.82, 2.24) is 4.90 Å². The fourth-order valence-corrected chi connectivity index (χ4v) is 3.13. The zero-order chi connectivity index (χ0) is 15.1. The van der Waals surface area contributed by atoms with E-state index < -0.39 is 10.8 Å². The van der Waals surface area contributed by atoms with E-state index in [1.54, 1.807) is 6.92 Å². The second kappa shape index (κ2) is 8.04. The van der Waals surface area contributed by atoms with Crippen LogP contribution in [0.1, 0.15) is 39.5 Å². The molecule has 112 valence electrons. The number of Topliss-reactive ketones (excluding diaryl/α,β-unsaturated/α-hetero) is 1. The number of hydrogen-bond acceptors (Lipinski definition) is 5. The molecule has 0 bridgehead atoms. The number of nitro groups is 1. The van der Waals surface area contributed by atoms with Crippen LogP contribution in [0.4, 0.5) is 0 Å². The summed E-state index contributed by atoms with van der Waals surface area (Å²) in [7, 11) is 0. The van der Waals surface area contributed by atoms with Crippen LogP contribution in [0.3, 0.4) is 0 Å². The lowest BCUT2D eigenvalue weighted by Crippen LogP contribution is -2.40. The fourth-order valence-electron chi connectivity index (χ4n) is 2.15. The van der Waals surface area contributed by atoms with Gasteiger partial charge in [-0.15, -0.1) is 11.8 Å². The molecule has 0 aromatic rings. The molecule has 1 atom stereocenters. The van der Waals surface area contributed by atoms with Gasteiger partial charge in [-0.05, 0) is 19.3 Å². The highest BCUT2D eigenvalue weighted by Gasteiger charge is 2.32. The van der Waals surface area contributed by atoms with Gasteiger partial charge in [-0.25, -0.2) is 0 Å². The molecule has 0 radical (unpaired) electrons. The van der Waals surface area contributed by atoms with Crippen LogP contribution in [0.5, 0.6) is 0 Å². The van der Waals surface area contributed by atoms with E-state index in [-0.39, 0.29) is 11.7 Å². The molecule has 0 spiro atoms.